The third-order valence-corrected chi connectivity index (χ3v) is 2.54. The van der Waals surface area contributed by atoms with Gasteiger partial charge < -0.3 is 14.4 Å². The first kappa shape index (κ1) is 13.6. The molecular weight excluding hydrogens is 178 g/mol. The van der Waals surface area contributed by atoms with E-state index in [0.717, 1.165) is 39.0 Å². The van der Waals surface area contributed by atoms with E-state index in [1.807, 2.05) is 27.8 Å². The molecule has 0 N–H and O–H groups in total. The van der Waals surface area contributed by atoms with Gasteiger partial charge in [-0.3, -0.25) is 0 Å². The van der Waals surface area contributed by atoms with E-state index >= 15 is 0 Å². The summed E-state index contributed by atoms with van der Waals surface area (Å²) in [5, 5.41) is 0. The topological polar surface area (TPSA) is 29.5 Å². The molecule has 3 nitrogen and oxygen atoms in total. The van der Waals surface area contributed by atoms with Gasteiger partial charge in [-0.05, 0) is 20.4 Å². The van der Waals surface area contributed by atoms with Crippen molar-refractivity contribution in [2.45, 2.75) is 27.2 Å². The van der Waals surface area contributed by atoms with Crippen molar-refractivity contribution in [3.05, 3.63) is 0 Å². The predicted molar refractivity (Wildman–Crippen MR) is 58.5 cm³/mol. The van der Waals surface area contributed by atoms with Crippen molar-refractivity contribution >= 4 is 6.29 Å². The first-order valence-electron chi connectivity index (χ1n) is 5.30. The summed E-state index contributed by atoms with van der Waals surface area (Å²) in [5.41, 5.74) is -0.207. The number of hydrogen-bond acceptors (Lipinski definition) is 3. The summed E-state index contributed by atoms with van der Waals surface area (Å²) in [7, 11) is 2.02. The maximum atomic E-state index is 10.9. The lowest BCUT2D eigenvalue weighted by Crippen LogP contribution is -2.36. The average molecular weight is 201 g/mol. The minimum Gasteiger partial charge on any atom is -0.380 e. The van der Waals surface area contributed by atoms with Crippen molar-refractivity contribution < 1.29 is 9.53 Å². The fourth-order valence-corrected chi connectivity index (χ4v) is 1.29. The second kappa shape index (κ2) is 6.96. The number of carbonyl (C=O) groups is 1. The molecule has 0 spiro atoms. The molecule has 0 aromatic rings. The highest BCUT2D eigenvalue weighted by molar-refractivity contribution is 5.58. The number of rotatable bonds is 8. The van der Waals surface area contributed by atoms with Crippen molar-refractivity contribution in [3.8, 4) is 0 Å². The number of ether oxygens (including phenoxy) is 1. The number of nitrogens with zero attached hydrogens (tertiary/aromatic N) is 1. The Kier molecular flexibility index (Phi) is 6.75. The Labute approximate surface area is 87.4 Å². The molecule has 0 aliphatic heterocycles. The maximum absolute atomic E-state index is 10.9. The largest absolute Gasteiger partial charge is 0.380 e. The van der Waals surface area contributed by atoms with Crippen LogP contribution in [0.1, 0.15) is 27.2 Å². The summed E-state index contributed by atoms with van der Waals surface area (Å²) < 4.78 is 5.26. The zero-order chi connectivity index (χ0) is 11.0. The van der Waals surface area contributed by atoms with Crippen LogP contribution in [0.15, 0.2) is 0 Å². The molecule has 0 bridgehead atoms. The summed E-state index contributed by atoms with van der Waals surface area (Å²) in [5.74, 6) is 0. The number of hydrogen-bond donors (Lipinski definition) is 0. The Hall–Kier alpha value is -0.410. The molecule has 0 radical (unpaired) electrons. The molecule has 84 valence electrons. The Morgan fingerprint density at radius 3 is 2.50 bits per heavy atom. The van der Waals surface area contributed by atoms with E-state index in [2.05, 4.69) is 4.90 Å². The van der Waals surface area contributed by atoms with E-state index in [4.69, 9.17) is 4.74 Å². The van der Waals surface area contributed by atoms with Gasteiger partial charge in [0.25, 0.3) is 0 Å². The van der Waals surface area contributed by atoms with Gasteiger partial charge in [-0.2, -0.15) is 0 Å². The molecule has 0 amide bonds. The molecule has 3 heteroatoms. The molecule has 0 aromatic heterocycles. The van der Waals surface area contributed by atoms with Gasteiger partial charge in [0, 0.05) is 25.1 Å². The van der Waals surface area contributed by atoms with Crippen molar-refractivity contribution in [3.63, 3.8) is 0 Å². The van der Waals surface area contributed by atoms with Crippen molar-refractivity contribution in [1.29, 1.82) is 0 Å². The molecule has 0 fully saturated rings. The zero-order valence-corrected chi connectivity index (χ0v) is 9.88. The second-order valence-electron chi connectivity index (χ2n) is 4.06. The Morgan fingerprint density at radius 2 is 2.07 bits per heavy atom. The summed E-state index contributed by atoms with van der Waals surface area (Å²) >= 11 is 0. The van der Waals surface area contributed by atoms with E-state index in [1.54, 1.807) is 0 Å². The molecule has 0 aliphatic rings. The predicted octanol–water partition coefficient (Wildman–Crippen LogP) is 1.57. The summed E-state index contributed by atoms with van der Waals surface area (Å²) in [6.45, 7) is 9.22. The lowest BCUT2D eigenvalue weighted by Gasteiger charge is -2.27. The summed E-state index contributed by atoms with van der Waals surface area (Å²) in [6, 6.07) is 0. The van der Waals surface area contributed by atoms with Gasteiger partial charge in [0.05, 0.1) is 6.61 Å². The molecule has 14 heavy (non-hydrogen) atoms. The first-order chi connectivity index (χ1) is 6.58. The number of aldehydes is 1. The maximum Gasteiger partial charge on any atom is 0.127 e. The fraction of sp³-hybridized carbons (Fsp3) is 0.909. The van der Waals surface area contributed by atoms with Crippen LogP contribution in [-0.2, 0) is 9.53 Å². The van der Waals surface area contributed by atoms with Gasteiger partial charge in [-0.25, -0.2) is 0 Å². The van der Waals surface area contributed by atoms with Gasteiger partial charge in [0.1, 0.15) is 6.29 Å². The van der Waals surface area contributed by atoms with Crippen molar-refractivity contribution in [2.24, 2.45) is 5.41 Å². The minimum atomic E-state index is -0.207. The van der Waals surface area contributed by atoms with Crippen LogP contribution < -0.4 is 0 Å². The third kappa shape index (κ3) is 5.35. The normalized spacial score (nSPS) is 15.5. The van der Waals surface area contributed by atoms with Crippen LogP contribution in [0.5, 0.6) is 0 Å². The van der Waals surface area contributed by atoms with Crippen LogP contribution in [0.4, 0.5) is 0 Å². The van der Waals surface area contributed by atoms with Crippen molar-refractivity contribution in [2.75, 3.05) is 33.4 Å². The van der Waals surface area contributed by atoms with Crippen LogP contribution >= 0.6 is 0 Å². The fourth-order valence-electron chi connectivity index (χ4n) is 1.29. The smallest absolute Gasteiger partial charge is 0.127 e. The van der Waals surface area contributed by atoms with Crippen LogP contribution in [0, 0.1) is 5.41 Å². The minimum absolute atomic E-state index is 0.207. The van der Waals surface area contributed by atoms with E-state index in [0.29, 0.717) is 0 Å². The standard InChI is InChI=1S/C11H23NO2/c1-5-11(3,10-13)9-12(4)7-8-14-6-2/h10H,5-9H2,1-4H3. The second-order valence-corrected chi connectivity index (χ2v) is 4.06. The number of likely N-dealkylation sites (N-methyl/N-ethyl adjacent to an activating group) is 1. The quantitative estimate of drug-likeness (QED) is 0.441. The van der Waals surface area contributed by atoms with Crippen LogP contribution in [0.25, 0.3) is 0 Å². The van der Waals surface area contributed by atoms with Crippen molar-refractivity contribution in [1.82, 2.24) is 4.90 Å². The molecule has 0 saturated carbocycles. The highest BCUT2D eigenvalue weighted by Gasteiger charge is 2.22. The van der Waals surface area contributed by atoms with E-state index in [-0.39, 0.29) is 5.41 Å². The van der Waals surface area contributed by atoms with Crippen LogP contribution in [0.2, 0.25) is 0 Å². The van der Waals surface area contributed by atoms with Gasteiger partial charge in [-0.15, -0.1) is 0 Å². The first-order valence-corrected chi connectivity index (χ1v) is 5.30. The molecular formula is C11H23NO2. The van der Waals surface area contributed by atoms with Crippen LogP contribution in [-0.4, -0.2) is 44.5 Å². The summed E-state index contributed by atoms with van der Waals surface area (Å²) in [4.78, 5) is 13.0. The monoisotopic (exact) mass is 201 g/mol. The SMILES string of the molecule is CCOCCN(C)CC(C)(C=O)CC. The third-order valence-electron chi connectivity index (χ3n) is 2.54. The number of carbonyl (C=O) groups excluding carboxylic acids is 1. The Balaban J connectivity index is 3.79. The molecule has 0 heterocycles. The molecule has 0 aromatic carbocycles. The molecule has 0 rings (SSSR count). The Bertz CT molecular complexity index is 161. The Morgan fingerprint density at radius 1 is 1.43 bits per heavy atom. The zero-order valence-electron chi connectivity index (χ0n) is 9.88. The molecule has 0 aliphatic carbocycles. The van der Waals surface area contributed by atoms with Gasteiger partial charge >= 0.3 is 0 Å². The van der Waals surface area contributed by atoms with Crippen LogP contribution in [0.3, 0.4) is 0 Å². The average Bonchev–Trinajstić information content (AvgIpc) is 2.18. The van der Waals surface area contributed by atoms with Gasteiger partial charge in [-0.1, -0.05) is 13.8 Å². The van der Waals surface area contributed by atoms with Gasteiger partial charge in [0.15, 0.2) is 0 Å². The highest BCUT2D eigenvalue weighted by atomic mass is 16.5. The molecule has 1 unspecified atom stereocenters. The summed E-state index contributed by atoms with van der Waals surface area (Å²) in [6.07, 6.45) is 1.94. The lowest BCUT2D eigenvalue weighted by atomic mass is 9.89. The molecule has 1 atom stereocenters. The van der Waals surface area contributed by atoms with E-state index in [9.17, 15) is 4.79 Å². The van der Waals surface area contributed by atoms with Gasteiger partial charge in [0.2, 0.25) is 0 Å². The van der Waals surface area contributed by atoms with E-state index in [1.165, 1.54) is 0 Å². The molecule has 0 saturated heterocycles. The highest BCUT2D eigenvalue weighted by Crippen LogP contribution is 2.18. The van der Waals surface area contributed by atoms with E-state index < -0.39 is 0 Å². The lowest BCUT2D eigenvalue weighted by molar-refractivity contribution is -0.116.